The Hall–Kier alpha value is -0.870. The minimum Gasteiger partial charge on any atom is -0.395 e. The highest BCUT2D eigenvalue weighted by Crippen LogP contribution is 2.00. The molecular formula is C10H19N3O. The predicted molar refractivity (Wildman–Crippen MR) is 55.9 cm³/mol. The Balaban J connectivity index is 2.37. The molecule has 0 spiro atoms. The van der Waals surface area contributed by atoms with Crippen LogP contribution < -0.4 is 5.32 Å². The Bertz CT molecular complexity index is 247. The van der Waals surface area contributed by atoms with Gasteiger partial charge in [0.1, 0.15) is 5.82 Å². The first kappa shape index (κ1) is 11.2. The van der Waals surface area contributed by atoms with Gasteiger partial charge in [-0.1, -0.05) is 13.3 Å². The summed E-state index contributed by atoms with van der Waals surface area (Å²) in [6.45, 7) is 4.75. The van der Waals surface area contributed by atoms with Crippen LogP contribution in [0.5, 0.6) is 0 Å². The van der Waals surface area contributed by atoms with Gasteiger partial charge in [-0.25, -0.2) is 4.98 Å². The standard InChI is InChI=1S/C10H19N3O/c1-2-3-6-13-7-4-12-10(13)9-11-5-8-14/h4,7,11,14H,2-3,5-6,8-9H2,1H3. The van der Waals surface area contributed by atoms with Crippen LogP contribution in [0, 0.1) is 0 Å². The molecule has 0 radical (unpaired) electrons. The second-order valence-corrected chi connectivity index (χ2v) is 3.29. The number of rotatable bonds is 7. The molecule has 0 aromatic carbocycles. The van der Waals surface area contributed by atoms with Crippen molar-refractivity contribution in [2.24, 2.45) is 0 Å². The van der Waals surface area contributed by atoms with Crippen molar-refractivity contribution in [2.75, 3.05) is 13.2 Å². The fourth-order valence-corrected chi connectivity index (χ4v) is 1.32. The van der Waals surface area contributed by atoms with Gasteiger partial charge in [-0.3, -0.25) is 0 Å². The molecule has 0 aliphatic carbocycles. The van der Waals surface area contributed by atoms with Crippen molar-refractivity contribution in [2.45, 2.75) is 32.9 Å². The topological polar surface area (TPSA) is 50.1 Å². The molecule has 0 aliphatic heterocycles. The van der Waals surface area contributed by atoms with Gasteiger partial charge in [0, 0.05) is 25.5 Å². The number of hydrogen-bond acceptors (Lipinski definition) is 3. The Kier molecular flexibility index (Phi) is 5.25. The van der Waals surface area contributed by atoms with E-state index in [0.717, 1.165) is 18.9 Å². The van der Waals surface area contributed by atoms with Gasteiger partial charge in [-0.2, -0.15) is 0 Å². The number of unbranched alkanes of at least 4 members (excludes halogenated alkanes) is 1. The van der Waals surface area contributed by atoms with Crippen molar-refractivity contribution < 1.29 is 5.11 Å². The number of aliphatic hydroxyl groups is 1. The fraction of sp³-hybridized carbons (Fsp3) is 0.700. The third-order valence-electron chi connectivity index (χ3n) is 2.13. The summed E-state index contributed by atoms with van der Waals surface area (Å²) in [5.41, 5.74) is 0. The van der Waals surface area contributed by atoms with Crippen molar-refractivity contribution in [3.8, 4) is 0 Å². The molecule has 0 unspecified atom stereocenters. The van der Waals surface area contributed by atoms with Gasteiger partial charge in [0.25, 0.3) is 0 Å². The Morgan fingerprint density at radius 2 is 2.43 bits per heavy atom. The third-order valence-corrected chi connectivity index (χ3v) is 2.13. The van der Waals surface area contributed by atoms with E-state index in [2.05, 4.69) is 21.8 Å². The second kappa shape index (κ2) is 6.56. The molecule has 1 heterocycles. The van der Waals surface area contributed by atoms with Crippen LogP contribution in [0.25, 0.3) is 0 Å². The van der Waals surface area contributed by atoms with Gasteiger partial charge >= 0.3 is 0 Å². The fourth-order valence-electron chi connectivity index (χ4n) is 1.32. The maximum Gasteiger partial charge on any atom is 0.122 e. The molecule has 1 aromatic rings. The van der Waals surface area contributed by atoms with Crippen LogP contribution in [0.3, 0.4) is 0 Å². The summed E-state index contributed by atoms with van der Waals surface area (Å²) in [6.07, 6.45) is 6.21. The summed E-state index contributed by atoms with van der Waals surface area (Å²) in [4.78, 5) is 4.26. The highest BCUT2D eigenvalue weighted by Gasteiger charge is 2.00. The smallest absolute Gasteiger partial charge is 0.122 e. The average Bonchev–Trinajstić information content (AvgIpc) is 2.63. The molecule has 4 heteroatoms. The van der Waals surface area contributed by atoms with E-state index in [1.54, 1.807) is 0 Å². The molecule has 0 amide bonds. The Morgan fingerprint density at radius 3 is 3.14 bits per heavy atom. The molecule has 14 heavy (non-hydrogen) atoms. The highest BCUT2D eigenvalue weighted by molar-refractivity contribution is 4.91. The number of nitrogens with zero attached hydrogens (tertiary/aromatic N) is 2. The lowest BCUT2D eigenvalue weighted by atomic mass is 10.3. The molecule has 4 nitrogen and oxygen atoms in total. The van der Waals surface area contributed by atoms with Crippen LogP contribution in [0.4, 0.5) is 0 Å². The van der Waals surface area contributed by atoms with Crippen molar-refractivity contribution in [3.63, 3.8) is 0 Å². The lowest BCUT2D eigenvalue weighted by Crippen LogP contribution is -2.20. The van der Waals surface area contributed by atoms with Crippen molar-refractivity contribution in [3.05, 3.63) is 18.2 Å². The molecule has 2 N–H and O–H groups in total. The summed E-state index contributed by atoms with van der Waals surface area (Å²) in [7, 11) is 0. The zero-order valence-electron chi connectivity index (χ0n) is 8.74. The van der Waals surface area contributed by atoms with E-state index in [4.69, 9.17) is 5.11 Å². The molecule has 0 saturated carbocycles. The summed E-state index contributed by atoms with van der Waals surface area (Å²) in [6, 6.07) is 0. The van der Waals surface area contributed by atoms with E-state index >= 15 is 0 Å². The molecule has 80 valence electrons. The van der Waals surface area contributed by atoms with E-state index < -0.39 is 0 Å². The van der Waals surface area contributed by atoms with E-state index in [-0.39, 0.29) is 6.61 Å². The Labute approximate surface area is 85.0 Å². The average molecular weight is 197 g/mol. The van der Waals surface area contributed by atoms with Gasteiger partial charge in [-0.05, 0) is 6.42 Å². The van der Waals surface area contributed by atoms with Crippen LogP contribution in [0.15, 0.2) is 12.4 Å². The van der Waals surface area contributed by atoms with Crippen LogP contribution in [0.1, 0.15) is 25.6 Å². The number of nitrogens with one attached hydrogen (secondary N) is 1. The summed E-state index contributed by atoms with van der Waals surface area (Å²) >= 11 is 0. The van der Waals surface area contributed by atoms with Gasteiger partial charge in [0.2, 0.25) is 0 Å². The maximum atomic E-state index is 8.62. The van der Waals surface area contributed by atoms with Crippen LogP contribution >= 0.6 is 0 Å². The van der Waals surface area contributed by atoms with Gasteiger partial charge < -0.3 is 15.0 Å². The van der Waals surface area contributed by atoms with Crippen molar-refractivity contribution >= 4 is 0 Å². The van der Waals surface area contributed by atoms with E-state index in [0.29, 0.717) is 6.54 Å². The molecule has 1 aromatic heterocycles. The molecular weight excluding hydrogens is 178 g/mol. The number of aryl methyl sites for hydroxylation is 1. The van der Waals surface area contributed by atoms with E-state index in [9.17, 15) is 0 Å². The lowest BCUT2D eigenvalue weighted by molar-refractivity contribution is 0.291. The Morgan fingerprint density at radius 1 is 1.57 bits per heavy atom. The zero-order valence-corrected chi connectivity index (χ0v) is 8.74. The van der Waals surface area contributed by atoms with Crippen LogP contribution in [-0.2, 0) is 13.1 Å². The van der Waals surface area contributed by atoms with Crippen LogP contribution in [-0.4, -0.2) is 27.8 Å². The molecule has 1 rings (SSSR count). The van der Waals surface area contributed by atoms with Crippen molar-refractivity contribution in [1.29, 1.82) is 0 Å². The SMILES string of the molecule is CCCCn1ccnc1CNCCO. The summed E-state index contributed by atoms with van der Waals surface area (Å²) in [5.74, 6) is 1.05. The largest absolute Gasteiger partial charge is 0.395 e. The molecule has 0 fully saturated rings. The van der Waals surface area contributed by atoms with Crippen LogP contribution in [0.2, 0.25) is 0 Å². The monoisotopic (exact) mass is 197 g/mol. The maximum absolute atomic E-state index is 8.62. The predicted octanol–water partition coefficient (Wildman–Crippen LogP) is 0.765. The first-order valence-corrected chi connectivity index (χ1v) is 5.20. The van der Waals surface area contributed by atoms with E-state index in [1.807, 2.05) is 12.4 Å². The summed E-state index contributed by atoms with van der Waals surface area (Å²) < 4.78 is 2.16. The number of imidazole rings is 1. The second-order valence-electron chi connectivity index (χ2n) is 3.29. The third kappa shape index (κ3) is 3.47. The highest BCUT2D eigenvalue weighted by atomic mass is 16.3. The first-order chi connectivity index (χ1) is 6.88. The molecule has 0 bridgehead atoms. The van der Waals surface area contributed by atoms with Gasteiger partial charge in [-0.15, -0.1) is 0 Å². The van der Waals surface area contributed by atoms with E-state index in [1.165, 1.54) is 12.8 Å². The number of aliphatic hydroxyl groups excluding tert-OH is 1. The number of aromatic nitrogens is 2. The van der Waals surface area contributed by atoms with Crippen molar-refractivity contribution in [1.82, 2.24) is 14.9 Å². The minimum atomic E-state index is 0.176. The molecule has 0 saturated heterocycles. The zero-order chi connectivity index (χ0) is 10.2. The minimum absolute atomic E-state index is 0.176. The van der Waals surface area contributed by atoms with Gasteiger partial charge in [0.15, 0.2) is 0 Å². The number of hydrogen-bond donors (Lipinski definition) is 2. The normalized spacial score (nSPS) is 10.7. The first-order valence-electron chi connectivity index (χ1n) is 5.20. The lowest BCUT2D eigenvalue weighted by Gasteiger charge is -2.07. The van der Waals surface area contributed by atoms with Gasteiger partial charge in [0.05, 0.1) is 13.2 Å². The summed E-state index contributed by atoms with van der Waals surface area (Å²) in [5, 5.41) is 11.7. The quantitative estimate of drug-likeness (QED) is 0.635. The molecule has 0 atom stereocenters. The molecule has 0 aliphatic rings.